The van der Waals surface area contributed by atoms with Crippen molar-refractivity contribution in [3.63, 3.8) is 0 Å². The highest BCUT2D eigenvalue weighted by Gasteiger charge is 2.25. The van der Waals surface area contributed by atoms with E-state index in [9.17, 15) is 4.79 Å². The number of benzene rings is 3. The van der Waals surface area contributed by atoms with Crippen LogP contribution in [0.15, 0.2) is 78.9 Å². The molecule has 0 aliphatic rings. The Morgan fingerprint density at radius 2 is 1.50 bits per heavy atom. The maximum atomic E-state index is 12.5. The van der Waals surface area contributed by atoms with E-state index < -0.39 is 14.6 Å². The molecule has 5 nitrogen and oxygen atoms in total. The minimum atomic E-state index is -1.64. The fraction of sp³-hybridized carbons (Fsp3) is 0.136. The summed E-state index contributed by atoms with van der Waals surface area (Å²) >= 11 is 4.45. The highest BCUT2D eigenvalue weighted by molar-refractivity contribution is 14.1. The molecule has 0 radical (unpaired) electrons. The van der Waals surface area contributed by atoms with E-state index >= 15 is 0 Å². The number of hydrogen-bond donors (Lipinski definition) is 1. The first-order chi connectivity index (χ1) is 14.5. The van der Waals surface area contributed by atoms with Gasteiger partial charge in [-0.05, 0) is 81.9 Å². The van der Waals surface area contributed by atoms with Crippen LogP contribution in [0.5, 0.6) is 11.5 Å². The Kier molecular flexibility index (Phi) is 9.17. The van der Waals surface area contributed by atoms with E-state index in [2.05, 4.69) is 50.3 Å². The molecule has 0 heterocycles. The van der Waals surface area contributed by atoms with E-state index in [1.165, 1.54) is 0 Å². The Morgan fingerprint density at radius 3 is 2.13 bits per heavy atom. The van der Waals surface area contributed by atoms with Crippen molar-refractivity contribution in [2.24, 2.45) is 0 Å². The highest BCUT2D eigenvalue weighted by atomic mass is 127. The van der Waals surface area contributed by atoms with Crippen molar-refractivity contribution in [1.29, 1.82) is 0 Å². The van der Waals surface area contributed by atoms with Crippen molar-refractivity contribution in [3.05, 3.63) is 91.6 Å². The summed E-state index contributed by atoms with van der Waals surface area (Å²) < 4.78 is 19.6. The number of para-hydroxylation sites is 2. The Hall–Kier alpha value is -1.42. The van der Waals surface area contributed by atoms with E-state index in [1.807, 2.05) is 78.9 Å². The number of carbonyl (C=O) groups excluding carboxylic acids is 1. The summed E-state index contributed by atoms with van der Waals surface area (Å²) in [5.41, 5.74) is 0.936. The molecule has 0 aliphatic carbocycles. The lowest BCUT2D eigenvalue weighted by Crippen LogP contribution is -2.34. The zero-order valence-electron chi connectivity index (χ0n) is 16.1. The number of esters is 1. The van der Waals surface area contributed by atoms with Gasteiger partial charge in [-0.1, -0.05) is 54.6 Å². The van der Waals surface area contributed by atoms with Gasteiger partial charge in [-0.2, -0.15) is 0 Å². The zero-order valence-corrected chi connectivity index (χ0v) is 21.3. The molecule has 0 amide bonds. The van der Waals surface area contributed by atoms with Crippen molar-refractivity contribution in [2.45, 2.75) is 19.6 Å². The topological polar surface area (TPSA) is 56.8 Å². The fourth-order valence-corrected chi connectivity index (χ4v) is 5.69. The van der Waals surface area contributed by atoms with Crippen LogP contribution in [0.25, 0.3) is 0 Å². The first-order valence-electron chi connectivity index (χ1n) is 9.15. The van der Waals surface area contributed by atoms with Crippen molar-refractivity contribution in [3.8, 4) is 11.5 Å². The summed E-state index contributed by atoms with van der Waals surface area (Å²) in [5, 5.41) is 3.14. The monoisotopic (exact) mass is 647 g/mol. The van der Waals surface area contributed by atoms with Crippen LogP contribution < -0.4 is 14.1 Å². The number of hydrogen-bond acceptors (Lipinski definition) is 5. The second-order valence-corrected chi connectivity index (χ2v) is 9.71. The van der Waals surface area contributed by atoms with Crippen molar-refractivity contribution in [2.75, 3.05) is 0 Å². The lowest BCUT2D eigenvalue weighted by molar-refractivity contribution is -0.146. The maximum absolute atomic E-state index is 12.5. The average Bonchev–Trinajstić information content (AvgIpc) is 2.76. The van der Waals surface area contributed by atoms with Gasteiger partial charge in [-0.15, -0.1) is 0 Å². The number of ether oxygens (including phenoxy) is 1. The molecule has 3 aromatic carbocycles. The van der Waals surface area contributed by atoms with Crippen LogP contribution in [-0.4, -0.2) is 12.0 Å². The van der Waals surface area contributed by atoms with Gasteiger partial charge in [0.1, 0.15) is 18.4 Å². The number of nitrogens with one attached hydrogen (secondary N) is 1. The number of carbonyl (C=O) groups is 1. The lowest BCUT2D eigenvalue weighted by Gasteiger charge is -2.23. The van der Waals surface area contributed by atoms with E-state index in [0.29, 0.717) is 5.75 Å². The predicted molar refractivity (Wildman–Crippen MR) is 135 cm³/mol. The summed E-state index contributed by atoms with van der Waals surface area (Å²) in [4.78, 5) is 12.5. The molecule has 0 saturated carbocycles. The van der Waals surface area contributed by atoms with Gasteiger partial charge in [0, 0.05) is 0 Å². The molecule has 30 heavy (non-hydrogen) atoms. The van der Waals surface area contributed by atoms with Crippen LogP contribution >= 0.6 is 53.7 Å². The standard InChI is InChI=1S/C22H20I2NO4P/c1-16(22(26)27-15-17-9-4-2-5-10-17)25-30(28-18-11-6-3-7-12-18)29-21-19(23)13-8-14-20(21)24/h2-14,16,25H,15H2,1H3/t16-,30?/m0/s1. The van der Waals surface area contributed by atoms with E-state index in [4.69, 9.17) is 13.8 Å². The molecule has 3 aromatic rings. The van der Waals surface area contributed by atoms with Crippen LogP contribution in [0.4, 0.5) is 0 Å². The molecule has 156 valence electrons. The molecule has 8 heteroatoms. The SMILES string of the molecule is C[C@H](NP(Oc1ccccc1)Oc1c(I)cccc1I)C(=O)OCc1ccccc1. The van der Waals surface area contributed by atoms with Crippen LogP contribution in [0.3, 0.4) is 0 Å². The van der Waals surface area contributed by atoms with Gasteiger partial charge in [0.15, 0.2) is 5.75 Å². The molecule has 2 atom stereocenters. The second-order valence-electron chi connectivity index (χ2n) is 6.25. The third-order valence-electron chi connectivity index (χ3n) is 3.90. The average molecular weight is 647 g/mol. The van der Waals surface area contributed by atoms with Gasteiger partial charge in [-0.3, -0.25) is 4.79 Å². The van der Waals surface area contributed by atoms with Gasteiger partial charge in [-0.25, -0.2) is 5.09 Å². The van der Waals surface area contributed by atoms with Crippen molar-refractivity contribution in [1.82, 2.24) is 5.09 Å². The van der Waals surface area contributed by atoms with Crippen molar-refractivity contribution < 1.29 is 18.6 Å². The van der Waals surface area contributed by atoms with E-state index in [-0.39, 0.29) is 12.6 Å². The van der Waals surface area contributed by atoms with Crippen LogP contribution in [0.1, 0.15) is 12.5 Å². The molecule has 0 aromatic heterocycles. The normalized spacial score (nSPS) is 12.6. The van der Waals surface area contributed by atoms with Crippen LogP contribution in [0.2, 0.25) is 0 Å². The number of rotatable bonds is 9. The molecule has 0 bridgehead atoms. The highest BCUT2D eigenvalue weighted by Crippen LogP contribution is 2.41. The van der Waals surface area contributed by atoms with Gasteiger partial charge in [0.05, 0.1) is 7.14 Å². The van der Waals surface area contributed by atoms with E-state index in [1.54, 1.807) is 6.92 Å². The van der Waals surface area contributed by atoms with Crippen LogP contribution in [0, 0.1) is 7.14 Å². The number of halogens is 2. The second kappa shape index (κ2) is 11.8. The van der Waals surface area contributed by atoms with Gasteiger partial charge < -0.3 is 13.8 Å². The molecule has 0 saturated heterocycles. The Balaban J connectivity index is 1.68. The lowest BCUT2D eigenvalue weighted by atomic mass is 10.2. The Bertz CT molecular complexity index is 940. The zero-order chi connectivity index (χ0) is 21.3. The summed E-state index contributed by atoms with van der Waals surface area (Å²) in [6.07, 6.45) is 0. The molecular formula is C22H20I2NO4P. The minimum Gasteiger partial charge on any atom is -0.460 e. The summed E-state index contributed by atoms with van der Waals surface area (Å²) in [5.74, 6) is 1.00. The Morgan fingerprint density at radius 1 is 0.900 bits per heavy atom. The maximum Gasteiger partial charge on any atom is 0.382 e. The smallest absolute Gasteiger partial charge is 0.382 e. The predicted octanol–water partition coefficient (Wildman–Crippen LogP) is 6.30. The molecular weight excluding hydrogens is 627 g/mol. The molecule has 1 N–H and O–H groups in total. The van der Waals surface area contributed by atoms with Gasteiger partial charge in [0.2, 0.25) is 0 Å². The van der Waals surface area contributed by atoms with E-state index in [0.717, 1.165) is 18.5 Å². The summed E-state index contributed by atoms with van der Waals surface area (Å²) in [6.45, 7) is 1.96. The third-order valence-corrected chi connectivity index (χ3v) is 6.92. The van der Waals surface area contributed by atoms with Gasteiger partial charge in [0.25, 0.3) is 0 Å². The molecule has 0 fully saturated rings. The summed E-state index contributed by atoms with van der Waals surface area (Å²) in [7, 11) is -1.64. The minimum absolute atomic E-state index is 0.221. The Labute approximate surface area is 204 Å². The largest absolute Gasteiger partial charge is 0.460 e. The summed E-state index contributed by atoms with van der Waals surface area (Å²) in [6, 6.07) is 24.2. The third kappa shape index (κ3) is 7.08. The van der Waals surface area contributed by atoms with Crippen molar-refractivity contribution >= 4 is 59.7 Å². The molecule has 0 aliphatic heterocycles. The van der Waals surface area contributed by atoms with Gasteiger partial charge >= 0.3 is 14.5 Å². The molecule has 0 spiro atoms. The molecule has 3 rings (SSSR count). The fourth-order valence-electron chi connectivity index (χ4n) is 2.37. The first-order valence-corrected chi connectivity index (χ1v) is 12.5. The quantitative estimate of drug-likeness (QED) is 0.168. The van der Waals surface area contributed by atoms with Crippen LogP contribution in [-0.2, 0) is 16.1 Å². The first kappa shape index (κ1) is 23.2. The molecule has 1 unspecified atom stereocenters.